The molecule has 1 N–H and O–H groups in total. The first-order valence-corrected chi connectivity index (χ1v) is 14.3. The Balaban J connectivity index is 1.39. The summed E-state index contributed by atoms with van der Waals surface area (Å²) in [5.74, 6) is -0.753. The molecule has 2 heterocycles. The number of carbonyl (C=O) groups is 3. The summed E-state index contributed by atoms with van der Waals surface area (Å²) in [4.78, 5) is 46.5. The highest BCUT2D eigenvalue weighted by atomic mass is 16.5. The van der Waals surface area contributed by atoms with Crippen molar-refractivity contribution in [2.24, 2.45) is 5.92 Å². The first kappa shape index (κ1) is 28.2. The minimum atomic E-state index is -1.23. The van der Waals surface area contributed by atoms with Crippen molar-refractivity contribution >= 4 is 29.1 Å². The lowest BCUT2D eigenvalue weighted by atomic mass is 9.90. The van der Waals surface area contributed by atoms with Crippen LogP contribution in [0.5, 0.6) is 5.75 Å². The standard InChI is InChI=1S/C35H33N3O5/c1-23-29(20-24-16-18-26(43-2)19-17-24)35(42)36(21-25-10-4-3-5-11-25)30-14-8-9-15-31(30)38(23)32(39)22-37-33(40)27-12-6-7-13-28(27)34(37)41/h3-19,23,29,33,40H,20-22H2,1-2H3. The maximum atomic E-state index is 14.5. The molecule has 0 aromatic heterocycles. The SMILES string of the molecule is COc1ccc(CC2C(=O)N(Cc3ccccc3)c3ccccc3N(C(=O)CN3C(=O)c4ccccc4C3O)C2C)cc1. The molecule has 0 radical (unpaired) electrons. The van der Waals surface area contributed by atoms with E-state index in [0.29, 0.717) is 41.2 Å². The van der Waals surface area contributed by atoms with Crippen molar-refractivity contribution in [2.45, 2.75) is 32.2 Å². The van der Waals surface area contributed by atoms with Crippen LogP contribution in [0.1, 0.15) is 40.2 Å². The third-order valence-corrected chi connectivity index (χ3v) is 8.40. The second-order valence-electron chi connectivity index (χ2n) is 11.0. The number of ether oxygens (including phenoxy) is 1. The van der Waals surface area contributed by atoms with Crippen LogP contribution in [0.2, 0.25) is 0 Å². The lowest BCUT2D eigenvalue weighted by Gasteiger charge is -2.33. The van der Waals surface area contributed by atoms with Gasteiger partial charge in [0, 0.05) is 17.2 Å². The van der Waals surface area contributed by atoms with Crippen molar-refractivity contribution in [3.8, 4) is 5.75 Å². The van der Waals surface area contributed by atoms with Gasteiger partial charge in [0.25, 0.3) is 5.91 Å². The summed E-state index contributed by atoms with van der Waals surface area (Å²) in [6.45, 7) is 1.88. The first-order valence-electron chi connectivity index (χ1n) is 14.3. The van der Waals surface area contributed by atoms with Gasteiger partial charge in [-0.3, -0.25) is 19.3 Å². The van der Waals surface area contributed by atoms with Crippen LogP contribution in [0.3, 0.4) is 0 Å². The van der Waals surface area contributed by atoms with Gasteiger partial charge in [-0.25, -0.2) is 0 Å². The number of anilines is 2. The van der Waals surface area contributed by atoms with Crippen LogP contribution in [0, 0.1) is 5.92 Å². The quantitative estimate of drug-likeness (QED) is 0.336. The Bertz CT molecular complexity index is 1660. The highest BCUT2D eigenvalue weighted by Crippen LogP contribution is 2.40. The number of aliphatic hydroxyl groups excluding tert-OH is 1. The number of amides is 3. The molecule has 0 saturated carbocycles. The van der Waals surface area contributed by atoms with E-state index in [0.717, 1.165) is 11.1 Å². The summed E-state index contributed by atoms with van der Waals surface area (Å²) in [5, 5.41) is 11.0. The lowest BCUT2D eigenvalue weighted by molar-refractivity contribution is -0.124. The number of nitrogens with zero attached hydrogens (tertiary/aromatic N) is 3. The van der Waals surface area contributed by atoms with Crippen molar-refractivity contribution in [2.75, 3.05) is 23.5 Å². The molecular weight excluding hydrogens is 542 g/mol. The zero-order valence-corrected chi connectivity index (χ0v) is 24.1. The average Bonchev–Trinajstić information content (AvgIpc) is 3.23. The molecule has 3 atom stereocenters. The number of hydrogen-bond acceptors (Lipinski definition) is 5. The maximum absolute atomic E-state index is 14.5. The van der Waals surface area contributed by atoms with Gasteiger partial charge in [-0.15, -0.1) is 0 Å². The molecule has 8 heteroatoms. The fraction of sp³-hybridized carbons (Fsp3) is 0.229. The molecule has 0 bridgehead atoms. The largest absolute Gasteiger partial charge is 0.497 e. The lowest BCUT2D eigenvalue weighted by Crippen LogP contribution is -2.50. The van der Waals surface area contributed by atoms with Gasteiger partial charge in [0.2, 0.25) is 11.8 Å². The predicted molar refractivity (Wildman–Crippen MR) is 164 cm³/mol. The monoisotopic (exact) mass is 575 g/mol. The Morgan fingerprint density at radius 3 is 2.16 bits per heavy atom. The number of fused-ring (bicyclic) bond motifs is 2. The molecule has 0 saturated heterocycles. The number of methoxy groups -OCH3 is 1. The van der Waals surface area contributed by atoms with Crippen LogP contribution in [0.15, 0.2) is 103 Å². The van der Waals surface area contributed by atoms with Crippen molar-refractivity contribution < 1.29 is 24.2 Å². The summed E-state index contributed by atoms with van der Waals surface area (Å²) in [5.41, 5.74) is 3.96. The third kappa shape index (κ3) is 5.26. The molecule has 0 aliphatic carbocycles. The Hall–Kier alpha value is -4.95. The number of carbonyl (C=O) groups excluding carboxylic acids is 3. The Morgan fingerprint density at radius 1 is 0.814 bits per heavy atom. The van der Waals surface area contributed by atoms with Gasteiger partial charge in [0.05, 0.1) is 30.9 Å². The topological polar surface area (TPSA) is 90.4 Å². The zero-order chi connectivity index (χ0) is 30.1. The van der Waals surface area contributed by atoms with Crippen LogP contribution in [-0.4, -0.2) is 47.4 Å². The molecule has 2 aliphatic rings. The summed E-state index contributed by atoms with van der Waals surface area (Å²) in [6, 6.07) is 31.0. The van der Waals surface area contributed by atoms with E-state index in [9.17, 15) is 19.5 Å². The van der Waals surface area contributed by atoms with E-state index in [2.05, 4.69) is 0 Å². The Labute approximate surface area is 250 Å². The number of aliphatic hydroxyl groups is 1. The molecule has 8 nitrogen and oxygen atoms in total. The normalized spacial score (nSPS) is 19.6. The average molecular weight is 576 g/mol. The molecule has 0 fully saturated rings. The van der Waals surface area contributed by atoms with E-state index < -0.39 is 24.1 Å². The van der Waals surface area contributed by atoms with Crippen LogP contribution < -0.4 is 14.5 Å². The van der Waals surface area contributed by atoms with E-state index >= 15 is 0 Å². The van der Waals surface area contributed by atoms with Gasteiger partial charge in [-0.1, -0.05) is 72.8 Å². The number of rotatable bonds is 7. The minimum Gasteiger partial charge on any atom is -0.497 e. The van der Waals surface area contributed by atoms with Crippen molar-refractivity contribution in [1.82, 2.24) is 4.90 Å². The molecule has 3 amide bonds. The summed E-state index contributed by atoms with van der Waals surface area (Å²) < 4.78 is 5.32. The number of hydrogen-bond donors (Lipinski definition) is 1. The number of benzene rings is 4. The molecule has 4 aromatic carbocycles. The molecule has 43 heavy (non-hydrogen) atoms. The second kappa shape index (κ2) is 11.7. The fourth-order valence-corrected chi connectivity index (χ4v) is 6.12. The van der Waals surface area contributed by atoms with Crippen molar-refractivity contribution in [1.29, 1.82) is 0 Å². The summed E-state index contributed by atoms with van der Waals surface area (Å²) in [7, 11) is 1.61. The predicted octanol–water partition coefficient (Wildman–Crippen LogP) is 4.97. The fourth-order valence-electron chi connectivity index (χ4n) is 6.12. The third-order valence-electron chi connectivity index (χ3n) is 8.40. The van der Waals surface area contributed by atoms with E-state index in [4.69, 9.17) is 4.74 Å². The maximum Gasteiger partial charge on any atom is 0.257 e. The van der Waals surface area contributed by atoms with E-state index in [1.54, 1.807) is 41.2 Å². The highest BCUT2D eigenvalue weighted by molar-refractivity contribution is 6.08. The molecule has 218 valence electrons. The second-order valence-corrected chi connectivity index (χ2v) is 11.0. The zero-order valence-electron chi connectivity index (χ0n) is 24.1. The van der Waals surface area contributed by atoms with Gasteiger partial charge >= 0.3 is 0 Å². The van der Waals surface area contributed by atoms with E-state index in [1.165, 1.54) is 4.90 Å². The number of para-hydroxylation sites is 2. The van der Waals surface area contributed by atoms with Gasteiger partial charge < -0.3 is 19.6 Å². The molecule has 3 unspecified atom stereocenters. The van der Waals surface area contributed by atoms with E-state index in [1.807, 2.05) is 85.8 Å². The van der Waals surface area contributed by atoms with E-state index in [-0.39, 0.29) is 18.4 Å². The molecule has 0 spiro atoms. The van der Waals surface area contributed by atoms with Gasteiger partial charge in [0.15, 0.2) is 6.23 Å². The molecule has 4 aromatic rings. The first-order chi connectivity index (χ1) is 20.9. The molecular formula is C35H33N3O5. The van der Waals surface area contributed by atoms with Crippen LogP contribution in [0.4, 0.5) is 11.4 Å². The Morgan fingerprint density at radius 2 is 1.47 bits per heavy atom. The van der Waals surface area contributed by atoms with Gasteiger partial charge in [-0.2, -0.15) is 0 Å². The van der Waals surface area contributed by atoms with Crippen molar-refractivity contribution in [3.63, 3.8) is 0 Å². The van der Waals surface area contributed by atoms with Crippen LogP contribution in [-0.2, 0) is 22.6 Å². The van der Waals surface area contributed by atoms with Gasteiger partial charge in [0.1, 0.15) is 12.3 Å². The Kier molecular flexibility index (Phi) is 7.69. The van der Waals surface area contributed by atoms with Crippen LogP contribution >= 0.6 is 0 Å². The summed E-state index contributed by atoms with van der Waals surface area (Å²) >= 11 is 0. The minimum absolute atomic E-state index is 0.0976. The molecule has 2 aliphatic heterocycles. The van der Waals surface area contributed by atoms with Gasteiger partial charge in [-0.05, 0) is 54.8 Å². The van der Waals surface area contributed by atoms with Crippen LogP contribution in [0.25, 0.3) is 0 Å². The smallest absolute Gasteiger partial charge is 0.257 e. The summed E-state index contributed by atoms with van der Waals surface area (Å²) in [6.07, 6.45) is -0.833. The highest BCUT2D eigenvalue weighted by Gasteiger charge is 2.43. The van der Waals surface area contributed by atoms with Crippen molar-refractivity contribution in [3.05, 3.63) is 125 Å². The molecule has 6 rings (SSSR count).